The van der Waals surface area contributed by atoms with E-state index in [1.54, 1.807) is 7.11 Å². The molecular weight excluding hydrogens is 308 g/mol. The van der Waals surface area contributed by atoms with Crippen LogP contribution < -0.4 is 4.74 Å². The molecule has 3 aromatic rings. The average molecular weight is 330 g/mol. The average Bonchev–Trinajstić information content (AvgIpc) is 2.65. The number of methoxy groups -OCH3 is 1. The first-order chi connectivity index (χ1) is 12.3. The highest BCUT2D eigenvalue weighted by Crippen LogP contribution is 2.41. The SMILES string of the molecule is COc1ccccc1-c1c2ccc(c1O)CCc1ccc(cc1)CC2. The third-order valence-electron chi connectivity index (χ3n) is 5.11. The molecule has 0 saturated carbocycles. The first-order valence-electron chi connectivity index (χ1n) is 8.81. The largest absolute Gasteiger partial charge is 0.507 e. The summed E-state index contributed by atoms with van der Waals surface area (Å²) in [6.45, 7) is 0. The highest BCUT2D eigenvalue weighted by Gasteiger charge is 2.18. The van der Waals surface area contributed by atoms with E-state index in [-0.39, 0.29) is 0 Å². The Labute approximate surface area is 148 Å². The number of hydrogen-bond donors (Lipinski definition) is 1. The van der Waals surface area contributed by atoms with E-state index >= 15 is 0 Å². The van der Waals surface area contributed by atoms with Gasteiger partial charge < -0.3 is 9.84 Å². The van der Waals surface area contributed by atoms with Gasteiger partial charge in [-0.2, -0.15) is 0 Å². The summed E-state index contributed by atoms with van der Waals surface area (Å²) in [5, 5.41) is 11.0. The molecule has 0 saturated heterocycles. The Kier molecular flexibility index (Phi) is 4.19. The standard InChI is InChI=1S/C23H22O2/c1-25-21-5-3-2-4-20(21)22-18-12-10-16-6-8-17(9-7-16)11-13-19(15-14-18)23(22)24/h2-9,14-15,24H,10-13H2,1H3. The van der Waals surface area contributed by atoms with Gasteiger partial charge in [0, 0.05) is 11.1 Å². The Morgan fingerprint density at radius 2 is 1.32 bits per heavy atom. The summed E-state index contributed by atoms with van der Waals surface area (Å²) in [5.41, 5.74) is 6.69. The predicted molar refractivity (Wildman–Crippen MR) is 101 cm³/mol. The molecule has 0 radical (unpaired) electrons. The van der Waals surface area contributed by atoms with Gasteiger partial charge in [0.25, 0.3) is 0 Å². The zero-order valence-electron chi connectivity index (χ0n) is 14.5. The van der Waals surface area contributed by atoms with Crippen LogP contribution in [0.15, 0.2) is 60.7 Å². The minimum absolute atomic E-state index is 0.400. The molecule has 0 unspecified atom stereocenters. The Hall–Kier alpha value is -2.74. The Morgan fingerprint density at radius 1 is 0.720 bits per heavy atom. The van der Waals surface area contributed by atoms with E-state index in [4.69, 9.17) is 4.74 Å². The van der Waals surface area contributed by atoms with Crippen molar-refractivity contribution in [1.82, 2.24) is 0 Å². The molecule has 7 rings (SSSR count). The van der Waals surface area contributed by atoms with E-state index in [9.17, 15) is 5.11 Å². The van der Waals surface area contributed by atoms with Crippen molar-refractivity contribution in [2.45, 2.75) is 25.7 Å². The number of ether oxygens (including phenoxy) is 1. The van der Waals surface area contributed by atoms with Crippen LogP contribution in [-0.4, -0.2) is 12.2 Å². The molecule has 0 atom stereocenters. The fourth-order valence-electron chi connectivity index (χ4n) is 3.67. The van der Waals surface area contributed by atoms with Crippen LogP contribution in [-0.2, 0) is 25.7 Å². The first-order valence-corrected chi connectivity index (χ1v) is 8.81. The van der Waals surface area contributed by atoms with Crippen molar-refractivity contribution < 1.29 is 9.84 Å². The van der Waals surface area contributed by atoms with Gasteiger partial charge in [0.15, 0.2) is 0 Å². The van der Waals surface area contributed by atoms with Crippen LogP contribution in [0, 0.1) is 0 Å². The lowest BCUT2D eigenvalue weighted by Gasteiger charge is -2.18. The van der Waals surface area contributed by atoms with Crippen molar-refractivity contribution in [3.8, 4) is 22.6 Å². The fourth-order valence-corrected chi connectivity index (χ4v) is 3.67. The molecule has 4 aliphatic carbocycles. The topological polar surface area (TPSA) is 29.5 Å². The maximum absolute atomic E-state index is 11.0. The zero-order chi connectivity index (χ0) is 17.2. The molecule has 4 aliphatic rings. The molecule has 0 aliphatic heterocycles. The van der Waals surface area contributed by atoms with Crippen LogP contribution in [0.4, 0.5) is 0 Å². The van der Waals surface area contributed by atoms with E-state index in [0.29, 0.717) is 5.75 Å². The zero-order valence-corrected chi connectivity index (χ0v) is 14.5. The van der Waals surface area contributed by atoms with Crippen LogP contribution in [0.3, 0.4) is 0 Å². The van der Waals surface area contributed by atoms with Crippen LogP contribution in [0.1, 0.15) is 22.3 Å². The smallest absolute Gasteiger partial charge is 0.127 e. The quantitative estimate of drug-likeness (QED) is 0.720. The van der Waals surface area contributed by atoms with E-state index in [0.717, 1.165) is 53.7 Å². The minimum Gasteiger partial charge on any atom is -0.507 e. The summed E-state index contributed by atoms with van der Waals surface area (Å²) in [7, 11) is 1.68. The van der Waals surface area contributed by atoms with Gasteiger partial charge >= 0.3 is 0 Å². The van der Waals surface area contributed by atoms with Crippen molar-refractivity contribution in [1.29, 1.82) is 0 Å². The minimum atomic E-state index is 0.400. The number of aromatic hydroxyl groups is 1. The molecule has 2 nitrogen and oxygen atoms in total. The number of aryl methyl sites for hydroxylation is 4. The summed E-state index contributed by atoms with van der Waals surface area (Å²) >= 11 is 0. The molecule has 0 fully saturated rings. The number of phenols is 1. The number of benzene rings is 3. The van der Waals surface area contributed by atoms with Crippen LogP contribution in [0.25, 0.3) is 11.1 Å². The van der Waals surface area contributed by atoms with Crippen molar-refractivity contribution >= 4 is 0 Å². The maximum atomic E-state index is 11.0. The van der Waals surface area contributed by atoms with E-state index < -0.39 is 0 Å². The number of hydrogen-bond acceptors (Lipinski definition) is 2. The molecule has 0 heterocycles. The lowest BCUT2D eigenvalue weighted by atomic mass is 9.89. The molecule has 3 aromatic carbocycles. The number of rotatable bonds is 2. The summed E-state index contributed by atoms with van der Waals surface area (Å²) in [4.78, 5) is 0. The second-order valence-electron chi connectivity index (χ2n) is 6.62. The third-order valence-corrected chi connectivity index (χ3v) is 5.11. The summed E-state index contributed by atoms with van der Waals surface area (Å²) < 4.78 is 5.55. The van der Waals surface area contributed by atoms with Gasteiger partial charge in [-0.25, -0.2) is 0 Å². The second-order valence-corrected chi connectivity index (χ2v) is 6.62. The van der Waals surface area contributed by atoms with E-state index in [1.807, 2.05) is 24.3 Å². The summed E-state index contributed by atoms with van der Waals surface area (Å²) in [6, 6.07) is 21.1. The molecule has 0 aromatic heterocycles. The molecule has 4 bridgehead atoms. The molecule has 2 heteroatoms. The van der Waals surface area contributed by atoms with Crippen LogP contribution >= 0.6 is 0 Å². The van der Waals surface area contributed by atoms with Crippen molar-refractivity contribution in [3.63, 3.8) is 0 Å². The van der Waals surface area contributed by atoms with Gasteiger partial charge in [0.2, 0.25) is 0 Å². The summed E-state index contributed by atoms with van der Waals surface area (Å²) in [5.74, 6) is 1.20. The summed E-state index contributed by atoms with van der Waals surface area (Å²) in [6.07, 6.45) is 3.61. The van der Waals surface area contributed by atoms with Gasteiger partial charge in [-0.3, -0.25) is 0 Å². The van der Waals surface area contributed by atoms with E-state index in [1.165, 1.54) is 11.1 Å². The lowest BCUT2D eigenvalue weighted by Crippen LogP contribution is -2.02. The van der Waals surface area contributed by atoms with Gasteiger partial charge in [-0.05, 0) is 54.0 Å². The van der Waals surface area contributed by atoms with E-state index in [2.05, 4.69) is 36.4 Å². The van der Waals surface area contributed by atoms with Gasteiger partial charge in [0.1, 0.15) is 11.5 Å². The lowest BCUT2D eigenvalue weighted by molar-refractivity contribution is 0.415. The number of phenolic OH excluding ortho intramolecular Hbond substituents is 1. The highest BCUT2D eigenvalue weighted by molar-refractivity contribution is 5.80. The van der Waals surface area contributed by atoms with Crippen molar-refractivity contribution in [2.24, 2.45) is 0 Å². The maximum Gasteiger partial charge on any atom is 0.127 e. The van der Waals surface area contributed by atoms with Crippen molar-refractivity contribution in [2.75, 3.05) is 7.11 Å². The fraction of sp³-hybridized carbons (Fsp3) is 0.217. The molecular formula is C23H22O2. The Balaban J connectivity index is 1.88. The molecule has 1 N–H and O–H groups in total. The Morgan fingerprint density at radius 3 is 2.00 bits per heavy atom. The first kappa shape index (κ1) is 15.8. The van der Waals surface area contributed by atoms with Gasteiger partial charge in [0.05, 0.1) is 7.11 Å². The normalized spacial score (nSPS) is 13.3. The van der Waals surface area contributed by atoms with Crippen molar-refractivity contribution in [3.05, 3.63) is 82.9 Å². The Bertz CT molecular complexity index is 894. The molecule has 126 valence electrons. The van der Waals surface area contributed by atoms with Gasteiger partial charge in [-0.1, -0.05) is 54.6 Å². The van der Waals surface area contributed by atoms with Crippen LogP contribution in [0.2, 0.25) is 0 Å². The number of para-hydroxylation sites is 1. The van der Waals surface area contributed by atoms with Gasteiger partial charge in [-0.15, -0.1) is 0 Å². The predicted octanol–water partition coefficient (Wildman–Crippen LogP) is 4.95. The molecule has 0 spiro atoms. The molecule has 25 heavy (non-hydrogen) atoms. The highest BCUT2D eigenvalue weighted by atomic mass is 16.5. The third kappa shape index (κ3) is 3.00. The monoisotopic (exact) mass is 330 g/mol. The van der Waals surface area contributed by atoms with Crippen LogP contribution in [0.5, 0.6) is 11.5 Å². The second kappa shape index (κ2) is 6.64. The molecule has 0 amide bonds.